The topological polar surface area (TPSA) is 38.5 Å². The van der Waals surface area contributed by atoms with Crippen molar-refractivity contribution in [3.05, 3.63) is 65.7 Å². The van der Waals surface area contributed by atoms with Crippen molar-refractivity contribution in [3.8, 4) is 5.75 Å². The minimum atomic E-state index is 0.228. The molecule has 3 heteroatoms. The number of benzene rings is 2. The van der Waals surface area contributed by atoms with Gasteiger partial charge in [-0.3, -0.25) is 0 Å². The molecule has 1 aliphatic rings. The van der Waals surface area contributed by atoms with Gasteiger partial charge in [0.15, 0.2) is 0 Å². The normalized spacial score (nSPS) is 22.4. The Bertz CT molecular complexity index is 568. The van der Waals surface area contributed by atoms with E-state index >= 15 is 0 Å². The number of likely N-dealkylation sites (tertiary alicyclic amines) is 1. The largest absolute Gasteiger partial charge is 0.489 e. The molecule has 0 radical (unpaired) electrons. The highest BCUT2D eigenvalue weighted by Crippen LogP contribution is 2.27. The van der Waals surface area contributed by atoms with Gasteiger partial charge in [0.2, 0.25) is 0 Å². The van der Waals surface area contributed by atoms with E-state index in [0.717, 1.165) is 18.8 Å². The van der Waals surface area contributed by atoms with Gasteiger partial charge in [-0.2, -0.15) is 0 Å². The molecule has 1 fully saturated rings. The zero-order valence-electron chi connectivity index (χ0n) is 12.4. The number of likely N-dealkylation sites (N-methyl/N-ethyl adjacent to an activating group) is 1. The van der Waals surface area contributed by atoms with E-state index < -0.39 is 0 Å². The quantitative estimate of drug-likeness (QED) is 0.937. The minimum Gasteiger partial charge on any atom is -0.489 e. The van der Waals surface area contributed by atoms with Crippen molar-refractivity contribution >= 4 is 0 Å². The van der Waals surface area contributed by atoms with Gasteiger partial charge in [0.1, 0.15) is 12.4 Å². The van der Waals surface area contributed by atoms with Crippen LogP contribution in [-0.2, 0) is 6.61 Å². The van der Waals surface area contributed by atoms with E-state index in [2.05, 4.69) is 36.2 Å². The molecular weight excluding hydrogens is 260 g/mol. The molecule has 0 unspecified atom stereocenters. The van der Waals surface area contributed by atoms with E-state index in [1.807, 2.05) is 30.3 Å². The van der Waals surface area contributed by atoms with E-state index in [1.165, 1.54) is 11.1 Å². The first-order chi connectivity index (χ1) is 10.2. The van der Waals surface area contributed by atoms with Gasteiger partial charge in [-0.25, -0.2) is 0 Å². The van der Waals surface area contributed by atoms with Crippen LogP contribution in [0, 0.1) is 0 Å². The standard InChI is InChI=1S/C18H22N2O/c1-20-11-17(18(19)12-20)15-7-9-16(10-8-15)21-13-14-5-3-2-4-6-14/h2-10,17-18H,11-13,19H2,1H3/t17-,18+/m0/s1. The lowest BCUT2D eigenvalue weighted by atomic mass is 9.95. The van der Waals surface area contributed by atoms with Crippen LogP contribution in [0.4, 0.5) is 0 Å². The Morgan fingerprint density at radius 3 is 2.38 bits per heavy atom. The highest BCUT2D eigenvalue weighted by molar-refractivity contribution is 5.31. The molecular formula is C18H22N2O. The number of hydrogen-bond acceptors (Lipinski definition) is 3. The van der Waals surface area contributed by atoms with Gasteiger partial charge in [-0.15, -0.1) is 0 Å². The Morgan fingerprint density at radius 2 is 1.76 bits per heavy atom. The van der Waals surface area contributed by atoms with Crippen molar-refractivity contribution in [1.82, 2.24) is 4.90 Å². The lowest BCUT2D eigenvalue weighted by Gasteiger charge is -2.15. The fourth-order valence-corrected chi connectivity index (χ4v) is 2.94. The van der Waals surface area contributed by atoms with Crippen LogP contribution in [0.2, 0.25) is 0 Å². The van der Waals surface area contributed by atoms with E-state index in [-0.39, 0.29) is 6.04 Å². The second-order valence-electron chi connectivity index (χ2n) is 5.83. The smallest absolute Gasteiger partial charge is 0.119 e. The Kier molecular flexibility index (Phi) is 4.23. The highest BCUT2D eigenvalue weighted by atomic mass is 16.5. The van der Waals surface area contributed by atoms with Crippen molar-refractivity contribution in [2.75, 3.05) is 20.1 Å². The highest BCUT2D eigenvalue weighted by Gasteiger charge is 2.28. The van der Waals surface area contributed by atoms with Crippen LogP contribution in [0.15, 0.2) is 54.6 Å². The van der Waals surface area contributed by atoms with Crippen molar-refractivity contribution in [3.63, 3.8) is 0 Å². The first-order valence-corrected chi connectivity index (χ1v) is 7.43. The molecule has 1 heterocycles. The summed E-state index contributed by atoms with van der Waals surface area (Å²) in [6.07, 6.45) is 0. The van der Waals surface area contributed by atoms with Crippen LogP contribution in [0.5, 0.6) is 5.75 Å². The monoisotopic (exact) mass is 282 g/mol. The zero-order chi connectivity index (χ0) is 14.7. The van der Waals surface area contributed by atoms with Gasteiger partial charge in [-0.1, -0.05) is 42.5 Å². The molecule has 0 amide bonds. The Labute approximate surface area is 126 Å². The van der Waals surface area contributed by atoms with Gasteiger partial charge in [0.25, 0.3) is 0 Å². The van der Waals surface area contributed by atoms with E-state index in [4.69, 9.17) is 10.5 Å². The molecule has 2 atom stereocenters. The summed E-state index contributed by atoms with van der Waals surface area (Å²) in [7, 11) is 2.12. The third kappa shape index (κ3) is 3.43. The summed E-state index contributed by atoms with van der Waals surface area (Å²) in [5.74, 6) is 1.33. The molecule has 3 nitrogen and oxygen atoms in total. The number of ether oxygens (including phenoxy) is 1. The molecule has 0 saturated carbocycles. The number of hydrogen-bond donors (Lipinski definition) is 1. The molecule has 2 aromatic carbocycles. The predicted molar refractivity (Wildman–Crippen MR) is 85.4 cm³/mol. The number of nitrogens with zero attached hydrogens (tertiary/aromatic N) is 1. The van der Waals surface area contributed by atoms with Crippen LogP contribution < -0.4 is 10.5 Å². The maximum Gasteiger partial charge on any atom is 0.119 e. The average Bonchev–Trinajstić information content (AvgIpc) is 2.85. The molecule has 0 bridgehead atoms. The molecule has 1 saturated heterocycles. The summed E-state index contributed by atoms with van der Waals surface area (Å²) in [5, 5.41) is 0. The Hall–Kier alpha value is -1.84. The molecule has 0 aliphatic carbocycles. The Balaban J connectivity index is 1.62. The van der Waals surface area contributed by atoms with Crippen LogP contribution in [-0.4, -0.2) is 31.1 Å². The molecule has 1 aliphatic heterocycles. The maximum atomic E-state index is 6.20. The summed E-state index contributed by atoms with van der Waals surface area (Å²) in [5.41, 5.74) is 8.69. The summed E-state index contributed by atoms with van der Waals surface area (Å²) >= 11 is 0. The maximum absolute atomic E-state index is 6.20. The first-order valence-electron chi connectivity index (χ1n) is 7.43. The van der Waals surface area contributed by atoms with E-state index in [9.17, 15) is 0 Å². The van der Waals surface area contributed by atoms with Crippen LogP contribution in [0.3, 0.4) is 0 Å². The van der Waals surface area contributed by atoms with Crippen LogP contribution >= 0.6 is 0 Å². The van der Waals surface area contributed by atoms with Crippen LogP contribution in [0.1, 0.15) is 17.0 Å². The summed E-state index contributed by atoms with van der Waals surface area (Å²) < 4.78 is 5.82. The molecule has 2 aromatic rings. The van der Waals surface area contributed by atoms with Gasteiger partial charge >= 0.3 is 0 Å². The Morgan fingerprint density at radius 1 is 1.05 bits per heavy atom. The van der Waals surface area contributed by atoms with Gasteiger partial charge < -0.3 is 15.4 Å². The summed E-state index contributed by atoms with van der Waals surface area (Å²) in [6.45, 7) is 2.61. The number of nitrogens with two attached hydrogens (primary N) is 1. The number of rotatable bonds is 4. The van der Waals surface area contributed by atoms with Gasteiger partial charge in [0.05, 0.1) is 0 Å². The van der Waals surface area contributed by atoms with E-state index in [1.54, 1.807) is 0 Å². The predicted octanol–water partition coefficient (Wildman–Crippen LogP) is 2.62. The fraction of sp³-hybridized carbons (Fsp3) is 0.333. The zero-order valence-corrected chi connectivity index (χ0v) is 12.4. The van der Waals surface area contributed by atoms with Gasteiger partial charge in [-0.05, 0) is 30.3 Å². The van der Waals surface area contributed by atoms with Crippen LogP contribution in [0.25, 0.3) is 0 Å². The van der Waals surface area contributed by atoms with Gasteiger partial charge in [0, 0.05) is 25.0 Å². The minimum absolute atomic E-state index is 0.228. The molecule has 0 spiro atoms. The summed E-state index contributed by atoms with van der Waals surface area (Å²) in [4.78, 5) is 2.29. The third-order valence-electron chi connectivity index (χ3n) is 4.10. The second kappa shape index (κ2) is 6.29. The molecule has 0 aromatic heterocycles. The molecule has 2 N–H and O–H groups in total. The lowest BCUT2D eigenvalue weighted by Crippen LogP contribution is -2.27. The van der Waals surface area contributed by atoms with Crippen molar-refractivity contribution in [2.45, 2.75) is 18.6 Å². The second-order valence-corrected chi connectivity index (χ2v) is 5.83. The third-order valence-corrected chi connectivity index (χ3v) is 4.10. The lowest BCUT2D eigenvalue weighted by molar-refractivity contribution is 0.306. The summed E-state index contributed by atoms with van der Waals surface area (Å²) in [6, 6.07) is 18.8. The van der Waals surface area contributed by atoms with Crippen molar-refractivity contribution < 1.29 is 4.74 Å². The SMILES string of the molecule is CN1C[C@@H](N)[C@H](c2ccc(OCc3ccccc3)cc2)C1. The fourth-order valence-electron chi connectivity index (χ4n) is 2.94. The first kappa shape index (κ1) is 14.1. The van der Waals surface area contributed by atoms with E-state index in [0.29, 0.717) is 12.5 Å². The van der Waals surface area contributed by atoms with Crippen molar-refractivity contribution in [2.24, 2.45) is 5.73 Å². The van der Waals surface area contributed by atoms with Crippen molar-refractivity contribution in [1.29, 1.82) is 0 Å². The molecule has 110 valence electrons. The molecule has 3 rings (SSSR count). The average molecular weight is 282 g/mol. The molecule has 21 heavy (non-hydrogen) atoms.